The third-order valence-corrected chi connectivity index (χ3v) is 4.04. The summed E-state index contributed by atoms with van der Waals surface area (Å²) in [6, 6.07) is 5.86. The molecular weight excluding hydrogens is 267 g/mol. The fourth-order valence-corrected chi connectivity index (χ4v) is 2.52. The fraction of sp³-hybridized carbons (Fsp3) is 0.571. The Kier molecular flexibility index (Phi) is 7.02. The molecule has 1 rings (SSSR count). The third-order valence-electron chi connectivity index (χ3n) is 3.21. The topological polar surface area (TPSA) is 29.3 Å². The molecule has 0 heterocycles. The van der Waals surface area contributed by atoms with Crippen LogP contribution in [-0.2, 0) is 0 Å². The van der Waals surface area contributed by atoms with Gasteiger partial charge in [0.1, 0.15) is 0 Å². The summed E-state index contributed by atoms with van der Waals surface area (Å²) in [5.74, 6) is 0. The lowest BCUT2D eigenvalue weighted by Gasteiger charge is -2.28. The Morgan fingerprint density at radius 1 is 1.28 bits per heavy atom. The zero-order valence-corrected chi connectivity index (χ0v) is 12.6. The molecule has 2 N–H and O–H groups in total. The highest BCUT2D eigenvalue weighted by Gasteiger charge is 2.18. The van der Waals surface area contributed by atoms with Gasteiger partial charge in [0, 0.05) is 12.6 Å². The van der Waals surface area contributed by atoms with E-state index in [-0.39, 0.29) is 6.04 Å². The average molecular weight is 289 g/mol. The summed E-state index contributed by atoms with van der Waals surface area (Å²) in [7, 11) is 2.09. The summed E-state index contributed by atoms with van der Waals surface area (Å²) in [4.78, 5) is 2.26. The number of halogens is 2. The van der Waals surface area contributed by atoms with E-state index in [2.05, 4.69) is 18.9 Å². The van der Waals surface area contributed by atoms with Gasteiger partial charge in [-0.25, -0.2) is 0 Å². The molecule has 1 aromatic rings. The number of nitrogens with zero attached hydrogens (tertiary/aromatic N) is 1. The molecule has 0 fully saturated rings. The molecule has 0 saturated carbocycles. The highest BCUT2D eigenvalue weighted by atomic mass is 35.5. The van der Waals surface area contributed by atoms with Crippen molar-refractivity contribution in [3.8, 4) is 0 Å². The van der Waals surface area contributed by atoms with Crippen LogP contribution in [0.4, 0.5) is 0 Å². The van der Waals surface area contributed by atoms with E-state index < -0.39 is 0 Å². The number of nitrogens with two attached hydrogens (primary N) is 1. The molecule has 18 heavy (non-hydrogen) atoms. The molecule has 0 amide bonds. The van der Waals surface area contributed by atoms with E-state index in [1.165, 1.54) is 19.3 Å². The molecule has 1 atom stereocenters. The van der Waals surface area contributed by atoms with Gasteiger partial charge in [0.05, 0.1) is 10.0 Å². The van der Waals surface area contributed by atoms with E-state index in [4.69, 9.17) is 28.9 Å². The lowest BCUT2D eigenvalue weighted by Crippen LogP contribution is -2.31. The van der Waals surface area contributed by atoms with E-state index in [0.29, 0.717) is 16.6 Å². The Balaban J connectivity index is 2.78. The van der Waals surface area contributed by atoms with Crippen LogP contribution in [0.3, 0.4) is 0 Å². The van der Waals surface area contributed by atoms with Crippen LogP contribution >= 0.6 is 23.2 Å². The number of hydrogen-bond donors (Lipinski definition) is 1. The van der Waals surface area contributed by atoms with Crippen LogP contribution in [0.15, 0.2) is 18.2 Å². The Labute approximate surface area is 120 Å². The summed E-state index contributed by atoms with van der Waals surface area (Å²) in [5.41, 5.74) is 6.90. The second-order valence-electron chi connectivity index (χ2n) is 4.58. The Morgan fingerprint density at radius 2 is 2.00 bits per heavy atom. The van der Waals surface area contributed by atoms with E-state index in [9.17, 15) is 0 Å². The quantitative estimate of drug-likeness (QED) is 0.765. The van der Waals surface area contributed by atoms with Crippen LogP contribution in [0.25, 0.3) is 0 Å². The molecule has 0 aliphatic carbocycles. The number of benzene rings is 1. The van der Waals surface area contributed by atoms with Gasteiger partial charge in [0.25, 0.3) is 0 Å². The summed E-state index contributed by atoms with van der Waals surface area (Å²) in [6.07, 6.45) is 3.64. The molecule has 0 bridgehead atoms. The number of hydrogen-bond acceptors (Lipinski definition) is 2. The molecule has 0 spiro atoms. The summed E-state index contributed by atoms with van der Waals surface area (Å²) in [5, 5.41) is 1.21. The van der Waals surface area contributed by atoms with Crippen molar-refractivity contribution in [1.82, 2.24) is 4.90 Å². The van der Waals surface area contributed by atoms with Crippen molar-refractivity contribution in [2.45, 2.75) is 32.2 Å². The first-order chi connectivity index (χ1) is 8.61. The molecule has 0 saturated heterocycles. The van der Waals surface area contributed by atoms with Crippen LogP contribution in [-0.4, -0.2) is 25.0 Å². The highest BCUT2D eigenvalue weighted by molar-refractivity contribution is 6.42. The first-order valence-corrected chi connectivity index (χ1v) is 7.21. The zero-order chi connectivity index (χ0) is 13.5. The SMILES string of the molecule is CCCCCN(C)C(CN)c1cccc(Cl)c1Cl. The molecule has 4 heteroatoms. The predicted octanol–water partition coefficient (Wildman–Crippen LogP) is 4.12. The molecule has 0 aromatic heterocycles. The number of rotatable bonds is 7. The Hall–Kier alpha value is -0.280. The van der Waals surface area contributed by atoms with Crippen LogP contribution < -0.4 is 5.73 Å². The predicted molar refractivity (Wildman–Crippen MR) is 80.4 cm³/mol. The third kappa shape index (κ3) is 4.13. The summed E-state index contributed by atoms with van der Waals surface area (Å²) >= 11 is 12.3. The van der Waals surface area contributed by atoms with Crippen molar-refractivity contribution in [1.29, 1.82) is 0 Å². The van der Waals surface area contributed by atoms with E-state index >= 15 is 0 Å². The normalized spacial score (nSPS) is 13.0. The number of likely N-dealkylation sites (N-methyl/N-ethyl adjacent to an activating group) is 1. The molecule has 1 unspecified atom stereocenters. The lowest BCUT2D eigenvalue weighted by atomic mass is 10.1. The van der Waals surface area contributed by atoms with Crippen LogP contribution in [0.1, 0.15) is 37.8 Å². The maximum Gasteiger partial charge on any atom is 0.0640 e. The van der Waals surface area contributed by atoms with Gasteiger partial charge in [-0.2, -0.15) is 0 Å². The molecule has 1 aromatic carbocycles. The van der Waals surface area contributed by atoms with Crippen molar-refractivity contribution in [2.24, 2.45) is 5.73 Å². The molecule has 102 valence electrons. The van der Waals surface area contributed by atoms with Crippen molar-refractivity contribution in [3.63, 3.8) is 0 Å². The van der Waals surface area contributed by atoms with Gasteiger partial charge in [-0.15, -0.1) is 0 Å². The molecular formula is C14H22Cl2N2. The summed E-state index contributed by atoms with van der Waals surface area (Å²) < 4.78 is 0. The van der Waals surface area contributed by atoms with Gasteiger partial charge in [0.2, 0.25) is 0 Å². The minimum Gasteiger partial charge on any atom is -0.329 e. The van der Waals surface area contributed by atoms with Gasteiger partial charge >= 0.3 is 0 Å². The summed E-state index contributed by atoms with van der Waals surface area (Å²) in [6.45, 7) is 3.77. The smallest absolute Gasteiger partial charge is 0.0640 e. The lowest BCUT2D eigenvalue weighted by molar-refractivity contribution is 0.245. The average Bonchev–Trinajstić information content (AvgIpc) is 2.36. The van der Waals surface area contributed by atoms with E-state index in [1.807, 2.05) is 12.1 Å². The minimum atomic E-state index is 0.132. The monoisotopic (exact) mass is 288 g/mol. The second-order valence-corrected chi connectivity index (χ2v) is 5.37. The van der Waals surface area contributed by atoms with E-state index in [0.717, 1.165) is 12.1 Å². The standard InChI is InChI=1S/C14H22Cl2N2/c1-3-4-5-9-18(2)13(10-17)11-7-6-8-12(15)14(11)16/h6-8,13H,3-5,9-10,17H2,1-2H3. The second kappa shape index (κ2) is 8.00. The Morgan fingerprint density at radius 3 is 2.61 bits per heavy atom. The van der Waals surface area contributed by atoms with Crippen molar-refractivity contribution in [3.05, 3.63) is 33.8 Å². The Bertz CT molecular complexity index is 369. The van der Waals surface area contributed by atoms with Crippen molar-refractivity contribution >= 4 is 23.2 Å². The first kappa shape index (κ1) is 15.8. The van der Waals surface area contributed by atoms with Gasteiger partial charge in [-0.1, -0.05) is 55.1 Å². The first-order valence-electron chi connectivity index (χ1n) is 6.46. The van der Waals surface area contributed by atoms with Crippen LogP contribution in [0, 0.1) is 0 Å². The minimum absolute atomic E-state index is 0.132. The zero-order valence-electron chi connectivity index (χ0n) is 11.1. The number of unbranched alkanes of at least 4 members (excludes halogenated alkanes) is 2. The van der Waals surface area contributed by atoms with E-state index in [1.54, 1.807) is 6.07 Å². The van der Waals surface area contributed by atoms with Crippen LogP contribution in [0.2, 0.25) is 10.0 Å². The van der Waals surface area contributed by atoms with Gasteiger partial charge in [-0.05, 0) is 31.6 Å². The highest BCUT2D eigenvalue weighted by Crippen LogP contribution is 2.31. The largest absolute Gasteiger partial charge is 0.329 e. The van der Waals surface area contributed by atoms with Gasteiger partial charge in [-0.3, -0.25) is 4.90 Å². The molecule has 0 aliphatic heterocycles. The van der Waals surface area contributed by atoms with Crippen molar-refractivity contribution in [2.75, 3.05) is 20.1 Å². The molecule has 2 nitrogen and oxygen atoms in total. The van der Waals surface area contributed by atoms with Crippen LogP contribution in [0.5, 0.6) is 0 Å². The van der Waals surface area contributed by atoms with Gasteiger partial charge in [0.15, 0.2) is 0 Å². The maximum atomic E-state index is 6.26. The van der Waals surface area contributed by atoms with Crippen molar-refractivity contribution < 1.29 is 0 Å². The molecule has 0 radical (unpaired) electrons. The fourth-order valence-electron chi connectivity index (χ4n) is 2.09. The molecule has 0 aliphatic rings. The maximum absolute atomic E-state index is 6.26. The van der Waals surface area contributed by atoms with Gasteiger partial charge < -0.3 is 5.73 Å².